The maximum absolute atomic E-state index is 12.8. The van der Waals surface area contributed by atoms with Crippen LogP contribution in [0.3, 0.4) is 0 Å². The van der Waals surface area contributed by atoms with E-state index in [4.69, 9.17) is 37.9 Å². The predicted molar refractivity (Wildman–Crippen MR) is 142 cm³/mol. The van der Waals surface area contributed by atoms with Gasteiger partial charge in [-0.05, 0) is 48.5 Å². The summed E-state index contributed by atoms with van der Waals surface area (Å²) >= 11 is 0. The molecule has 43 heavy (non-hydrogen) atoms. The van der Waals surface area contributed by atoms with E-state index in [0.29, 0.717) is 0 Å². The van der Waals surface area contributed by atoms with Crippen LogP contribution in [0.25, 0.3) is 0 Å². The Kier molecular flexibility index (Phi) is 11.2. The van der Waals surface area contributed by atoms with Gasteiger partial charge in [0.15, 0.2) is 12.2 Å². The molecule has 0 spiro atoms. The molecule has 1 heterocycles. The average molecular weight is 603 g/mol. The molecule has 1 saturated heterocycles. The summed E-state index contributed by atoms with van der Waals surface area (Å²) in [4.78, 5) is 71.3. The van der Waals surface area contributed by atoms with Crippen LogP contribution in [0.4, 0.5) is 0 Å². The summed E-state index contributed by atoms with van der Waals surface area (Å²) < 4.78 is 43.5. The van der Waals surface area contributed by atoms with Gasteiger partial charge in [-0.25, -0.2) is 4.79 Å². The lowest BCUT2D eigenvalue weighted by molar-refractivity contribution is -0.287. The molecule has 3 rings (SSSR count). The maximum atomic E-state index is 12.8. The highest BCUT2D eigenvalue weighted by Gasteiger charge is 2.53. The molecule has 14 nitrogen and oxygen atoms in total. The van der Waals surface area contributed by atoms with Gasteiger partial charge in [0.05, 0.1) is 5.56 Å². The number of rotatable bonds is 10. The van der Waals surface area contributed by atoms with Crippen LogP contribution in [0.5, 0.6) is 17.2 Å². The molecule has 2 aromatic rings. The molecule has 0 radical (unpaired) electrons. The van der Waals surface area contributed by atoms with Crippen LogP contribution < -0.4 is 14.2 Å². The lowest BCUT2D eigenvalue weighted by atomic mass is 9.98. The van der Waals surface area contributed by atoms with Crippen LogP contribution in [0, 0.1) is 0 Å². The van der Waals surface area contributed by atoms with Gasteiger partial charge in [0.1, 0.15) is 30.0 Å². The summed E-state index contributed by atoms with van der Waals surface area (Å²) in [5.41, 5.74) is 0.103. The van der Waals surface area contributed by atoms with Gasteiger partial charge in [-0.15, -0.1) is 0 Å². The van der Waals surface area contributed by atoms with Crippen LogP contribution in [-0.4, -0.2) is 73.1 Å². The fourth-order valence-electron chi connectivity index (χ4n) is 4.04. The zero-order chi connectivity index (χ0) is 31.7. The minimum atomic E-state index is -1.45. The second-order valence-corrected chi connectivity index (χ2v) is 9.16. The van der Waals surface area contributed by atoms with Crippen molar-refractivity contribution in [1.82, 2.24) is 0 Å². The Hall–Kier alpha value is -4.98. The third-order valence-corrected chi connectivity index (χ3v) is 5.57. The van der Waals surface area contributed by atoms with E-state index >= 15 is 0 Å². The van der Waals surface area contributed by atoms with Crippen molar-refractivity contribution in [3.8, 4) is 17.2 Å². The van der Waals surface area contributed by atoms with Crippen molar-refractivity contribution in [3.63, 3.8) is 0 Å². The van der Waals surface area contributed by atoms with Crippen LogP contribution in [0.15, 0.2) is 48.5 Å². The summed E-state index contributed by atoms with van der Waals surface area (Å²) in [6.45, 7) is 5.27. The number of benzene rings is 2. The first-order valence-electron chi connectivity index (χ1n) is 12.9. The molecule has 0 amide bonds. The first kappa shape index (κ1) is 32.5. The molecule has 0 aromatic heterocycles. The SMILES string of the molecule is CC(=O)Oc1ccc(O[C@@H]2O[C@H](COC(=O)c3ccc(OC(C)=O)cc3)[C@@H](OC(C)=O)[C@H](OC(C)=O)[C@H]2OC(C)=O)cc1. The Morgan fingerprint density at radius 2 is 1.02 bits per heavy atom. The van der Waals surface area contributed by atoms with E-state index in [1.54, 1.807) is 0 Å². The molecule has 0 saturated carbocycles. The Morgan fingerprint density at radius 1 is 0.581 bits per heavy atom. The lowest BCUT2D eigenvalue weighted by Crippen LogP contribution is -2.63. The summed E-state index contributed by atoms with van der Waals surface area (Å²) in [5.74, 6) is -3.60. The van der Waals surface area contributed by atoms with Crippen molar-refractivity contribution in [1.29, 1.82) is 0 Å². The third-order valence-electron chi connectivity index (χ3n) is 5.57. The van der Waals surface area contributed by atoms with E-state index in [1.165, 1.54) is 62.4 Å². The van der Waals surface area contributed by atoms with Crippen LogP contribution in [0.2, 0.25) is 0 Å². The van der Waals surface area contributed by atoms with Crippen molar-refractivity contribution >= 4 is 35.8 Å². The summed E-state index contributed by atoms with van der Waals surface area (Å²) in [6, 6.07) is 11.3. The van der Waals surface area contributed by atoms with E-state index in [1.807, 2.05) is 0 Å². The quantitative estimate of drug-likeness (QED) is 0.220. The summed E-state index contributed by atoms with van der Waals surface area (Å²) in [6.07, 6.45) is -6.98. The molecule has 2 aromatic carbocycles. The van der Waals surface area contributed by atoms with Crippen molar-refractivity contribution < 1.29 is 66.7 Å². The molecule has 0 bridgehead atoms. The van der Waals surface area contributed by atoms with Gasteiger partial charge in [-0.2, -0.15) is 0 Å². The fourth-order valence-corrected chi connectivity index (χ4v) is 4.04. The number of carbonyl (C=O) groups is 6. The molecule has 1 fully saturated rings. The number of carbonyl (C=O) groups excluding carboxylic acids is 6. The highest BCUT2D eigenvalue weighted by Crippen LogP contribution is 2.31. The Bertz CT molecular complexity index is 1330. The van der Waals surface area contributed by atoms with Gasteiger partial charge in [0.25, 0.3) is 0 Å². The molecule has 230 valence electrons. The van der Waals surface area contributed by atoms with E-state index in [0.717, 1.165) is 20.8 Å². The number of ether oxygens (including phenoxy) is 8. The molecule has 0 aliphatic carbocycles. The highest BCUT2D eigenvalue weighted by molar-refractivity contribution is 5.89. The fraction of sp³-hybridized carbons (Fsp3) is 0.379. The van der Waals surface area contributed by atoms with E-state index in [-0.39, 0.29) is 22.8 Å². The van der Waals surface area contributed by atoms with Crippen LogP contribution in [0.1, 0.15) is 45.0 Å². The highest BCUT2D eigenvalue weighted by atomic mass is 16.7. The number of esters is 6. The lowest BCUT2D eigenvalue weighted by Gasteiger charge is -2.43. The number of hydrogen-bond acceptors (Lipinski definition) is 14. The zero-order valence-electron chi connectivity index (χ0n) is 23.9. The molecular formula is C29H30O14. The Balaban J connectivity index is 1.89. The van der Waals surface area contributed by atoms with E-state index in [2.05, 4.69) is 0 Å². The molecule has 14 heteroatoms. The maximum Gasteiger partial charge on any atom is 0.338 e. The van der Waals surface area contributed by atoms with Crippen molar-refractivity contribution in [2.75, 3.05) is 6.61 Å². The van der Waals surface area contributed by atoms with Crippen molar-refractivity contribution in [2.24, 2.45) is 0 Å². The first-order chi connectivity index (χ1) is 20.3. The van der Waals surface area contributed by atoms with Gasteiger partial charge >= 0.3 is 35.8 Å². The van der Waals surface area contributed by atoms with Gasteiger partial charge in [-0.3, -0.25) is 24.0 Å². The van der Waals surface area contributed by atoms with Crippen LogP contribution in [-0.2, 0) is 47.7 Å². The molecule has 5 atom stereocenters. The molecular weight excluding hydrogens is 572 g/mol. The first-order valence-corrected chi connectivity index (χ1v) is 12.9. The van der Waals surface area contributed by atoms with Gasteiger partial charge in [0.2, 0.25) is 12.4 Å². The van der Waals surface area contributed by atoms with Gasteiger partial charge in [-0.1, -0.05) is 0 Å². The standard InChI is InChI=1S/C29H30O14/c1-15(30)37-21-8-6-20(7-9-21)28(35)36-14-24-25(39-17(3)32)26(40-18(4)33)27(41-19(5)34)29(43-24)42-23-12-10-22(11-13-23)38-16(2)31/h6-13,24-27,29H,14H2,1-5H3/t24-,25-,26+,27-,29-/m1/s1. The van der Waals surface area contributed by atoms with Gasteiger partial charge < -0.3 is 37.9 Å². The molecule has 1 aliphatic heterocycles. The summed E-state index contributed by atoms with van der Waals surface area (Å²) in [5, 5.41) is 0. The van der Waals surface area contributed by atoms with Gasteiger partial charge in [0, 0.05) is 34.6 Å². The topological polar surface area (TPSA) is 176 Å². The van der Waals surface area contributed by atoms with Crippen molar-refractivity contribution in [2.45, 2.75) is 65.3 Å². The predicted octanol–water partition coefficient (Wildman–Crippen LogP) is 2.29. The minimum absolute atomic E-state index is 0.103. The van der Waals surface area contributed by atoms with E-state index in [9.17, 15) is 28.8 Å². The van der Waals surface area contributed by atoms with Crippen molar-refractivity contribution in [3.05, 3.63) is 54.1 Å². The zero-order valence-corrected chi connectivity index (χ0v) is 23.9. The molecule has 0 unspecified atom stereocenters. The second-order valence-electron chi connectivity index (χ2n) is 9.16. The molecule has 0 N–H and O–H groups in total. The Morgan fingerprint density at radius 3 is 1.51 bits per heavy atom. The van der Waals surface area contributed by atoms with Crippen LogP contribution >= 0.6 is 0 Å². The third kappa shape index (κ3) is 9.81. The monoisotopic (exact) mass is 602 g/mol. The second kappa shape index (κ2) is 14.8. The average Bonchev–Trinajstić information content (AvgIpc) is 2.91. The smallest absolute Gasteiger partial charge is 0.338 e. The normalized spacial score (nSPS) is 21.0. The summed E-state index contributed by atoms with van der Waals surface area (Å²) in [7, 11) is 0. The number of hydrogen-bond donors (Lipinski definition) is 0. The van der Waals surface area contributed by atoms with E-state index < -0.39 is 73.1 Å². The minimum Gasteiger partial charge on any atom is -0.461 e. The largest absolute Gasteiger partial charge is 0.461 e. The molecule has 1 aliphatic rings. The Labute approximate surface area is 246 Å².